The SMILES string of the molecule is CC(C)c1cnc2c(c1SCC(=O)Nc1ccc([N+](=O)[O-])cc1)c(=O)n(C)c(=O)n2C. The van der Waals surface area contributed by atoms with Crippen molar-refractivity contribution >= 4 is 40.1 Å². The smallest absolute Gasteiger partial charge is 0.325 e. The van der Waals surface area contributed by atoms with Crippen molar-refractivity contribution in [3.8, 4) is 0 Å². The molecule has 2 heterocycles. The molecule has 0 unspecified atom stereocenters. The van der Waals surface area contributed by atoms with Crippen molar-refractivity contribution in [2.75, 3.05) is 11.1 Å². The van der Waals surface area contributed by atoms with Crippen LogP contribution in [-0.4, -0.2) is 30.7 Å². The van der Waals surface area contributed by atoms with E-state index < -0.39 is 16.2 Å². The number of nitrogens with zero attached hydrogens (tertiary/aromatic N) is 4. The average Bonchev–Trinajstić information content (AvgIpc) is 2.74. The fourth-order valence-electron chi connectivity index (χ4n) is 3.09. The third-order valence-corrected chi connectivity index (χ3v) is 5.92. The van der Waals surface area contributed by atoms with E-state index in [-0.39, 0.29) is 28.9 Å². The first-order chi connectivity index (χ1) is 14.6. The highest BCUT2D eigenvalue weighted by Gasteiger charge is 2.20. The maximum atomic E-state index is 12.9. The highest BCUT2D eigenvalue weighted by molar-refractivity contribution is 8.00. The minimum Gasteiger partial charge on any atom is -0.325 e. The topological polar surface area (TPSA) is 129 Å². The van der Waals surface area contributed by atoms with Crippen LogP contribution in [0.5, 0.6) is 0 Å². The molecule has 0 spiro atoms. The van der Waals surface area contributed by atoms with Gasteiger partial charge in [-0.2, -0.15) is 0 Å². The molecule has 0 radical (unpaired) electrons. The molecule has 31 heavy (non-hydrogen) atoms. The van der Waals surface area contributed by atoms with Crippen molar-refractivity contribution in [2.24, 2.45) is 14.1 Å². The van der Waals surface area contributed by atoms with Gasteiger partial charge in [-0.1, -0.05) is 13.8 Å². The lowest BCUT2D eigenvalue weighted by atomic mass is 10.0. The van der Waals surface area contributed by atoms with Gasteiger partial charge in [-0.05, 0) is 23.6 Å². The molecular weight excluding hydrogens is 422 g/mol. The molecule has 0 aliphatic heterocycles. The third-order valence-electron chi connectivity index (χ3n) is 4.78. The van der Waals surface area contributed by atoms with Crippen LogP contribution in [0.15, 0.2) is 44.9 Å². The number of thioether (sulfide) groups is 1. The molecule has 0 fully saturated rings. The maximum absolute atomic E-state index is 12.9. The molecule has 0 saturated heterocycles. The zero-order valence-electron chi connectivity index (χ0n) is 17.4. The molecule has 11 heteroatoms. The Morgan fingerprint density at radius 2 is 1.84 bits per heavy atom. The summed E-state index contributed by atoms with van der Waals surface area (Å²) >= 11 is 1.19. The van der Waals surface area contributed by atoms with E-state index in [1.54, 1.807) is 13.2 Å². The Kier molecular flexibility index (Phi) is 6.25. The number of amides is 1. The zero-order chi connectivity index (χ0) is 22.9. The third kappa shape index (κ3) is 4.36. The van der Waals surface area contributed by atoms with E-state index in [1.165, 1.54) is 47.6 Å². The summed E-state index contributed by atoms with van der Waals surface area (Å²) in [6.07, 6.45) is 1.63. The highest BCUT2D eigenvalue weighted by atomic mass is 32.2. The second-order valence-corrected chi connectivity index (χ2v) is 8.23. The molecule has 162 valence electrons. The fourth-order valence-corrected chi connectivity index (χ4v) is 4.21. The Hall–Kier alpha value is -3.47. The molecule has 1 aromatic carbocycles. The van der Waals surface area contributed by atoms with Crippen molar-refractivity contribution in [1.82, 2.24) is 14.1 Å². The predicted octanol–water partition coefficient (Wildman–Crippen LogP) is 2.39. The number of nitro groups is 1. The Labute approximate surface area is 181 Å². The van der Waals surface area contributed by atoms with Gasteiger partial charge in [-0.25, -0.2) is 9.78 Å². The van der Waals surface area contributed by atoms with E-state index in [9.17, 15) is 24.5 Å². The second kappa shape index (κ2) is 8.72. The van der Waals surface area contributed by atoms with Gasteiger partial charge < -0.3 is 5.32 Å². The summed E-state index contributed by atoms with van der Waals surface area (Å²) in [6, 6.07) is 5.52. The van der Waals surface area contributed by atoms with Crippen LogP contribution in [0.4, 0.5) is 11.4 Å². The van der Waals surface area contributed by atoms with Crippen LogP contribution >= 0.6 is 11.8 Å². The molecule has 0 bridgehead atoms. The molecule has 3 rings (SSSR count). The summed E-state index contributed by atoms with van der Waals surface area (Å²) in [4.78, 5) is 52.7. The largest absolute Gasteiger partial charge is 0.332 e. The fraction of sp³-hybridized carbons (Fsp3) is 0.300. The number of aromatic nitrogens is 3. The lowest BCUT2D eigenvalue weighted by molar-refractivity contribution is -0.384. The normalized spacial score (nSPS) is 11.1. The van der Waals surface area contributed by atoms with Gasteiger partial charge in [0.1, 0.15) is 5.65 Å². The highest BCUT2D eigenvalue weighted by Crippen LogP contribution is 2.32. The number of carbonyl (C=O) groups is 1. The number of pyridine rings is 1. The zero-order valence-corrected chi connectivity index (χ0v) is 18.2. The van der Waals surface area contributed by atoms with Crippen molar-refractivity contribution in [2.45, 2.75) is 24.7 Å². The number of nitro benzene ring substituents is 1. The number of anilines is 1. The number of non-ortho nitro benzene ring substituents is 1. The van der Waals surface area contributed by atoms with E-state index >= 15 is 0 Å². The molecule has 0 aliphatic carbocycles. The minimum atomic E-state index is -0.517. The van der Waals surface area contributed by atoms with Crippen molar-refractivity contribution in [1.29, 1.82) is 0 Å². The van der Waals surface area contributed by atoms with Crippen LogP contribution < -0.4 is 16.6 Å². The molecular formula is C20H21N5O5S. The van der Waals surface area contributed by atoms with E-state index in [0.29, 0.717) is 16.0 Å². The summed E-state index contributed by atoms with van der Waals surface area (Å²) in [5.41, 5.74) is 0.476. The van der Waals surface area contributed by atoms with E-state index in [0.717, 1.165) is 10.1 Å². The quantitative estimate of drug-likeness (QED) is 0.352. The summed E-state index contributed by atoms with van der Waals surface area (Å²) in [5, 5.41) is 13.7. The first-order valence-electron chi connectivity index (χ1n) is 9.37. The number of fused-ring (bicyclic) bond motifs is 1. The number of hydrogen-bond donors (Lipinski definition) is 1. The summed E-state index contributed by atoms with van der Waals surface area (Å²) in [5.74, 6) is -0.291. The summed E-state index contributed by atoms with van der Waals surface area (Å²) < 4.78 is 2.33. The van der Waals surface area contributed by atoms with Crippen molar-refractivity contribution in [3.05, 3.63) is 67.0 Å². The maximum Gasteiger partial charge on any atom is 0.332 e. The van der Waals surface area contributed by atoms with Crippen LogP contribution in [0, 0.1) is 10.1 Å². The molecule has 2 aromatic heterocycles. The van der Waals surface area contributed by atoms with Gasteiger partial charge in [-0.15, -0.1) is 11.8 Å². The van der Waals surface area contributed by atoms with Crippen LogP contribution in [0.3, 0.4) is 0 Å². The standard InChI is InChI=1S/C20H21N5O5S/c1-11(2)14-9-21-18-16(19(27)24(4)20(28)23(18)3)17(14)31-10-15(26)22-12-5-7-13(8-6-12)25(29)30/h5-9,11H,10H2,1-4H3,(H,22,26). The Balaban J connectivity index is 1.93. The number of aryl methyl sites for hydroxylation is 1. The van der Waals surface area contributed by atoms with Crippen LogP contribution in [0.1, 0.15) is 25.3 Å². The first-order valence-corrected chi connectivity index (χ1v) is 10.4. The number of nitrogens with one attached hydrogen (secondary N) is 1. The number of carbonyl (C=O) groups excluding carboxylic acids is 1. The van der Waals surface area contributed by atoms with Crippen molar-refractivity contribution in [3.63, 3.8) is 0 Å². The molecule has 0 saturated carbocycles. The van der Waals surface area contributed by atoms with E-state index in [4.69, 9.17) is 0 Å². The summed E-state index contributed by atoms with van der Waals surface area (Å²) in [6.45, 7) is 3.91. The van der Waals surface area contributed by atoms with Gasteiger partial charge in [0.25, 0.3) is 11.2 Å². The van der Waals surface area contributed by atoms with Crippen molar-refractivity contribution < 1.29 is 9.72 Å². The molecule has 3 aromatic rings. The van der Waals surface area contributed by atoms with Gasteiger partial charge in [0.2, 0.25) is 5.91 Å². The predicted molar refractivity (Wildman–Crippen MR) is 119 cm³/mol. The molecule has 10 nitrogen and oxygen atoms in total. The van der Waals surface area contributed by atoms with Crippen LogP contribution in [-0.2, 0) is 18.9 Å². The monoisotopic (exact) mass is 443 g/mol. The van der Waals surface area contributed by atoms with Gasteiger partial charge in [0.15, 0.2) is 0 Å². The Morgan fingerprint density at radius 1 is 1.19 bits per heavy atom. The second-order valence-electron chi connectivity index (χ2n) is 7.24. The number of rotatable bonds is 6. The summed E-state index contributed by atoms with van der Waals surface area (Å²) in [7, 11) is 2.95. The molecule has 1 N–H and O–H groups in total. The number of hydrogen-bond acceptors (Lipinski definition) is 7. The van der Waals surface area contributed by atoms with Crippen LogP contribution in [0.25, 0.3) is 11.0 Å². The van der Waals surface area contributed by atoms with Gasteiger partial charge in [0, 0.05) is 43.0 Å². The lowest BCUT2D eigenvalue weighted by Gasteiger charge is -2.16. The Bertz CT molecular complexity index is 1290. The lowest BCUT2D eigenvalue weighted by Crippen LogP contribution is -2.37. The van der Waals surface area contributed by atoms with E-state index in [2.05, 4.69) is 10.3 Å². The number of benzene rings is 1. The van der Waals surface area contributed by atoms with Crippen LogP contribution in [0.2, 0.25) is 0 Å². The first kappa shape index (κ1) is 22.2. The van der Waals surface area contributed by atoms with E-state index in [1.807, 2.05) is 13.8 Å². The Morgan fingerprint density at radius 3 is 2.42 bits per heavy atom. The van der Waals surface area contributed by atoms with Gasteiger partial charge in [-0.3, -0.25) is 28.8 Å². The minimum absolute atomic E-state index is 0.00180. The molecule has 1 amide bonds. The van der Waals surface area contributed by atoms with Gasteiger partial charge >= 0.3 is 5.69 Å². The molecule has 0 aliphatic rings. The van der Waals surface area contributed by atoms with Gasteiger partial charge in [0.05, 0.1) is 16.1 Å². The average molecular weight is 443 g/mol. The molecule has 0 atom stereocenters.